The number of carbonyl (C=O) groups excluding carboxylic acids is 1. The zero-order chi connectivity index (χ0) is 22.1. The molecule has 8 nitrogen and oxygen atoms in total. The summed E-state index contributed by atoms with van der Waals surface area (Å²) in [7, 11) is 1.70. The van der Waals surface area contributed by atoms with E-state index in [0.717, 1.165) is 36.4 Å². The lowest BCUT2D eigenvalue weighted by Crippen LogP contribution is -2.48. The molecule has 0 unspecified atom stereocenters. The minimum absolute atomic E-state index is 0.0821. The van der Waals surface area contributed by atoms with Crippen molar-refractivity contribution in [3.8, 4) is 0 Å². The molecule has 0 N–H and O–H groups in total. The predicted molar refractivity (Wildman–Crippen MR) is 120 cm³/mol. The van der Waals surface area contributed by atoms with Gasteiger partial charge in [-0.1, -0.05) is 12.1 Å². The summed E-state index contributed by atoms with van der Waals surface area (Å²) in [5, 5.41) is 9.21. The van der Waals surface area contributed by atoms with E-state index in [0.29, 0.717) is 12.3 Å². The fourth-order valence-corrected chi connectivity index (χ4v) is 5.58. The molecule has 8 heteroatoms. The molecular weight excluding hydrogens is 406 g/mol. The maximum absolute atomic E-state index is 12.7. The first-order chi connectivity index (χ1) is 15.7. The molecule has 0 radical (unpaired) electrons. The summed E-state index contributed by atoms with van der Waals surface area (Å²) >= 11 is 0. The summed E-state index contributed by atoms with van der Waals surface area (Å²) in [4.78, 5) is 23.7. The number of amides is 1. The summed E-state index contributed by atoms with van der Waals surface area (Å²) in [6.07, 6.45) is 5.79. The van der Waals surface area contributed by atoms with Crippen LogP contribution in [0.4, 0.5) is 4.79 Å². The average Bonchev–Trinajstić information content (AvgIpc) is 3.43. The topological polar surface area (TPSA) is 89.3 Å². The van der Waals surface area contributed by atoms with Gasteiger partial charge in [-0.25, -0.2) is 4.79 Å². The number of ether oxygens (including phenoxy) is 2. The molecule has 0 spiro atoms. The van der Waals surface area contributed by atoms with Crippen LogP contribution in [0, 0.1) is 11.8 Å². The molecule has 166 valence electrons. The largest absolute Gasteiger partial charge is 0.450 e. The highest BCUT2D eigenvalue weighted by Gasteiger charge is 2.55. The molecule has 3 aliphatic rings. The third kappa shape index (κ3) is 3.48. The third-order valence-corrected chi connectivity index (χ3v) is 6.81. The van der Waals surface area contributed by atoms with E-state index in [-0.39, 0.29) is 36.1 Å². The summed E-state index contributed by atoms with van der Waals surface area (Å²) in [6, 6.07) is 11.8. The second kappa shape index (κ2) is 8.78. The van der Waals surface area contributed by atoms with E-state index >= 15 is 0 Å². The molecule has 3 aliphatic heterocycles. The SMILES string of the molecule is CCOC(=O)N1[C@H]2CC[C@@H]1[C@@H]([C@@H]1C(c3ccccn3)=NN=C(c3ccccn3)[C@H]1OC)C2. The quantitative estimate of drug-likeness (QED) is 0.722. The normalized spacial score (nSPS) is 28.9. The predicted octanol–water partition coefficient (Wildman–Crippen LogP) is 3.32. The molecule has 0 aliphatic carbocycles. The number of hydrogen-bond donors (Lipinski definition) is 0. The lowest BCUT2D eigenvalue weighted by atomic mass is 9.72. The van der Waals surface area contributed by atoms with Gasteiger partial charge in [0.25, 0.3) is 0 Å². The second-order valence-corrected chi connectivity index (χ2v) is 8.39. The molecule has 32 heavy (non-hydrogen) atoms. The van der Waals surface area contributed by atoms with Crippen LogP contribution in [0.15, 0.2) is 59.0 Å². The molecule has 2 aromatic heterocycles. The minimum Gasteiger partial charge on any atom is -0.450 e. The van der Waals surface area contributed by atoms with E-state index in [1.165, 1.54) is 0 Å². The van der Waals surface area contributed by atoms with Gasteiger partial charge in [-0.15, -0.1) is 0 Å². The Kier molecular flexibility index (Phi) is 5.70. The summed E-state index contributed by atoms with van der Waals surface area (Å²) in [6.45, 7) is 2.22. The number of pyridine rings is 2. The highest BCUT2D eigenvalue weighted by Crippen LogP contribution is 2.48. The van der Waals surface area contributed by atoms with Gasteiger partial charge in [-0.3, -0.25) is 9.97 Å². The number of aromatic nitrogens is 2. The molecule has 2 saturated heterocycles. The van der Waals surface area contributed by atoms with Crippen molar-refractivity contribution >= 4 is 17.5 Å². The molecule has 2 bridgehead atoms. The lowest BCUT2D eigenvalue weighted by Gasteiger charge is -2.37. The van der Waals surface area contributed by atoms with Crippen molar-refractivity contribution in [1.29, 1.82) is 0 Å². The van der Waals surface area contributed by atoms with Crippen LogP contribution in [-0.2, 0) is 9.47 Å². The summed E-state index contributed by atoms with van der Waals surface area (Å²) < 4.78 is 11.4. The molecule has 2 fully saturated rings. The van der Waals surface area contributed by atoms with Crippen LogP contribution in [0.2, 0.25) is 0 Å². The molecule has 2 aromatic rings. The van der Waals surface area contributed by atoms with Crippen LogP contribution < -0.4 is 0 Å². The van der Waals surface area contributed by atoms with Gasteiger partial charge in [0.2, 0.25) is 0 Å². The fraction of sp³-hybridized carbons (Fsp3) is 0.458. The van der Waals surface area contributed by atoms with Crippen molar-refractivity contribution in [2.75, 3.05) is 13.7 Å². The fourth-order valence-electron chi connectivity index (χ4n) is 5.58. The van der Waals surface area contributed by atoms with Crippen LogP contribution >= 0.6 is 0 Å². The van der Waals surface area contributed by atoms with Crippen LogP contribution in [0.3, 0.4) is 0 Å². The van der Waals surface area contributed by atoms with Gasteiger partial charge < -0.3 is 14.4 Å². The van der Waals surface area contributed by atoms with E-state index in [1.807, 2.05) is 48.2 Å². The monoisotopic (exact) mass is 433 g/mol. The summed E-state index contributed by atoms with van der Waals surface area (Å²) in [5.74, 6) is 0.0645. The number of rotatable bonds is 5. The van der Waals surface area contributed by atoms with Gasteiger partial charge in [0.05, 0.1) is 23.7 Å². The third-order valence-electron chi connectivity index (χ3n) is 6.81. The van der Waals surface area contributed by atoms with Gasteiger partial charge in [0.1, 0.15) is 11.8 Å². The maximum atomic E-state index is 12.7. The number of carbonyl (C=O) groups is 1. The Bertz CT molecular complexity index is 1030. The van der Waals surface area contributed by atoms with Crippen molar-refractivity contribution in [3.63, 3.8) is 0 Å². The van der Waals surface area contributed by atoms with Crippen LogP contribution in [-0.4, -0.2) is 64.3 Å². The number of hydrogen-bond acceptors (Lipinski definition) is 7. The Morgan fingerprint density at radius 1 is 1.03 bits per heavy atom. The second-order valence-electron chi connectivity index (χ2n) is 8.39. The molecule has 0 aromatic carbocycles. The van der Waals surface area contributed by atoms with Gasteiger partial charge in [-0.05, 0) is 56.4 Å². The van der Waals surface area contributed by atoms with Gasteiger partial charge >= 0.3 is 6.09 Å². The van der Waals surface area contributed by atoms with E-state index in [4.69, 9.17) is 9.47 Å². The highest BCUT2D eigenvalue weighted by atomic mass is 16.6. The molecular formula is C24H27N5O3. The van der Waals surface area contributed by atoms with E-state index in [2.05, 4.69) is 20.2 Å². The first kappa shape index (κ1) is 20.8. The van der Waals surface area contributed by atoms with E-state index < -0.39 is 0 Å². The Hall–Kier alpha value is -3.13. The van der Waals surface area contributed by atoms with E-state index in [9.17, 15) is 4.79 Å². The first-order valence-electron chi connectivity index (χ1n) is 11.2. The molecule has 5 heterocycles. The van der Waals surface area contributed by atoms with Crippen molar-refractivity contribution in [2.24, 2.45) is 22.0 Å². The Balaban J connectivity index is 1.56. The smallest absolute Gasteiger partial charge is 0.410 e. The van der Waals surface area contributed by atoms with Gasteiger partial charge in [-0.2, -0.15) is 10.2 Å². The molecule has 1 amide bonds. The van der Waals surface area contributed by atoms with Crippen molar-refractivity contribution < 1.29 is 14.3 Å². The van der Waals surface area contributed by atoms with E-state index in [1.54, 1.807) is 19.5 Å². The van der Waals surface area contributed by atoms with Gasteiger partial charge in [0, 0.05) is 37.5 Å². The van der Waals surface area contributed by atoms with Crippen molar-refractivity contribution in [3.05, 3.63) is 60.2 Å². The maximum Gasteiger partial charge on any atom is 0.410 e. The van der Waals surface area contributed by atoms with Crippen LogP contribution in [0.1, 0.15) is 37.6 Å². The Labute approximate surface area is 187 Å². The zero-order valence-corrected chi connectivity index (χ0v) is 18.3. The summed E-state index contributed by atoms with van der Waals surface area (Å²) in [5.41, 5.74) is 3.05. The molecule has 5 atom stereocenters. The van der Waals surface area contributed by atoms with Crippen molar-refractivity contribution in [1.82, 2.24) is 14.9 Å². The number of nitrogens with zero attached hydrogens (tertiary/aromatic N) is 5. The Morgan fingerprint density at radius 3 is 2.34 bits per heavy atom. The molecule has 5 rings (SSSR count). The van der Waals surface area contributed by atoms with Gasteiger partial charge in [0.15, 0.2) is 0 Å². The lowest BCUT2D eigenvalue weighted by molar-refractivity contribution is 0.0804. The van der Waals surface area contributed by atoms with Crippen molar-refractivity contribution in [2.45, 2.75) is 44.4 Å². The number of fused-ring (bicyclic) bond motifs is 2. The standard InChI is InChI=1S/C24H27N5O3/c1-3-32-24(30)29-15-10-11-19(29)16(14-15)20-21(17-8-4-6-12-25-17)27-28-22(23(20)31-2)18-9-5-7-13-26-18/h4-9,12-13,15-16,19-20,23H,3,10-11,14H2,1-2H3/t15-,16-,19+,20+,23-/m0/s1. The highest BCUT2D eigenvalue weighted by molar-refractivity contribution is 6.11. The van der Waals surface area contributed by atoms with Crippen LogP contribution in [0.25, 0.3) is 0 Å². The zero-order valence-electron chi connectivity index (χ0n) is 18.3. The Morgan fingerprint density at radius 2 is 1.72 bits per heavy atom. The minimum atomic E-state index is -0.340. The first-order valence-corrected chi connectivity index (χ1v) is 11.2. The average molecular weight is 434 g/mol. The molecule has 0 saturated carbocycles. The number of methoxy groups -OCH3 is 1. The van der Waals surface area contributed by atoms with Crippen LogP contribution in [0.5, 0.6) is 0 Å².